The number of alkyl halides is 1. The van der Waals surface area contributed by atoms with Gasteiger partial charge in [0, 0.05) is 23.0 Å². The summed E-state index contributed by atoms with van der Waals surface area (Å²) in [4.78, 5) is 21.8. The van der Waals surface area contributed by atoms with Crippen LogP contribution < -0.4 is 5.32 Å². The first-order valence-electron chi connectivity index (χ1n) is 5.79. The highest BCUT2D eigenvalue weighted by Crippen LogP contribution is 2.16. The number of nitrogens with one attached hydrogen (secondary N) is 1. The summed E-state index contributed by atoms with van der Waals surface area (Å²) in [6.45, 7) is 1.92. The van der Waals surface area contributed by atoms with Crippen LogP contribution in [0.5, 0.6) is 0 Å². The molecule has 0 heterocycles. The van der Waals surface area contributed by atoms with Crippen molar-refractivity contribution in [3.63, 3.8) is 0 Å². The molecule has 0 saturated carbocycles. The fraction of sp³-hybridized carbons (Fsp3) is 0.417. The summed E-state index contributed by atoms with van der Waals surface area (Å²) in [5.41, 5.74) is -0.474. The molecule has 0 fully saturated rings. The molecule has 0 aliphatic carbocycles. The van der Waals surface area contributed by atoms with Crippen molar-refractivity contribution in [1.29, 1.82) is 0 Å². The average Bonchev–Trinajstić information content (AvgIpc) is 2.37. The minimum Gasteiger partial charge on any atom is -0.349 e. The first-order chi connectivity index (χ1) is 8.97. The number of amides is 1. The number of benzene rings is 1. The van der Waals surface area contributed by atoms with E-state index in [1.807, 2.05) is 6.92 Å². The second kappa shape index (κ2) is 7.18. The molecule has 1 aromatic carbocycles. The molecule has 1 rings (SSSR count). The largest absolute Gasteiger partial charge is 0.349 e. The van der Waals surface area contributed by atoms with Gasteiger partial charge in [-0.2, -0.15) is 0 Å². The predicted octanol–water partition coefficient (Wildman–Crippen LogP) is 3.03. The molecule has 104 valence electrons. The molecule has 0 saturated heterocycles. The van der Waals surface area contributed by atoms with E-state index >= 15 is 0 Å². The zero-order valence-corrected chi connectivity index (χ0v) is 11.9. The van der Waals surface area contributed by atoms with Crippen molar-refractivity contribution in [1.82, 2.24) is 5.32 Å². The van der Waals surface area contributed by atoms with Gasteiger partial charge in [0.25, 0.3) is 11.6 Å². The Labute approximate surface area is 118 Å². The molecule has 7 heteroatoms. The minimum atomic E-state index is -0.798. The van der Waals surface area contributed by atoms with Gasteiger partial charge in [-0.15, -0.1) is 0 Å². The maximum atomic E-state index is 13.2. The molecule has 1 aromatic rings. The van der Waals surface area contributed by atoms with Crippen LogP contribution >= 0.6 is 15.9 Å². The Balaban J connectivity index is 2.90. The van der Waals surface area contributed by atoms with Crippen molar-refractivity contribution >= 4 is 27.5 Å². The van der Waals surface area contributed by atoms with Crippen LogP contribution in [0.15, 0.2) is 18.2 Å². The van der Waals surface area contributed by atoms with Gasteiger partial charge >= 0.3 is 0 Å². The lowest BCUT2D eigenvalue weighted by Gasteiger charge is -2.15. The van der Waals surface area contributed by atoms with Crippen LogP contribution in [-0.4, -0.2) is 22.2 Å². The standard InChI is InChI=1S/C12H14BrFN2O3/c1-2-10(3-4-13)15-12(17)8-5-9(14)7-11(6-8)16(18)19/h5-7,10H,2-4H2,1H3,(H,15,17). The summed E-state index contributed by atoms with van der Waals surface area (Å²) in [7, 11) is 0. The summed E-state index contributed by atoms with van der Waals surface area (Å²) in [5, 5.41) is 14.1. The smallest absolute Gasteiger partial charge is 0.273 e. The number of non-ortho nitro benzene ring substituents is 1. The monoisotopic (exact) mass is 332 g/mol. The third-order valence-electron chi connectivity index (χ3n) is 2.64. The molecule has 1 atom stereocenters. The summed E-state index contributed by atoms with van der Waals surface area (Å²) in [6.07, 6.45) is 1.47. The SMILES string of the molecule is CCC(CCBr)NC(=O)c1cc(F)cc([N+](=O)[O-])c1. The van der Waals surface area contributed by atoms with Crippen LogP contribution in [0, 0.1) is 15.9 Å². The Morgan fingerprint density at radius 3 is 2.74 bits per heavy atom. The van der Waals surface area contributed by atoms with Crippen LogP contribution in [0.1, 0.15) is 30.1 Å². The van der Waals surface area contributed by atoms with Gasteiger partial charge in [-0.1, -0.05) is 22.9 Å². The third-order valence-corrected chi connectivity index (χ3v) is 3.10. The Kier molecular flexibility index (Phi) is 5.88. The number of hydrogen-bond donors (Lipinski definition) is 1. The lowest BCUT2D eigenvalue weighted by Crippen LogP contribution is -2.34. The lowest BCUT2D eigenvalue weighted by atomic mass is 10.1. The van der Waals surface area contributed by atoms with Gasteiger partial charge in [-0.3, -0.25) is 14.9 Å². The normalized spacial score (nSPS) is 11.9. The number of hydrogen-bond acceptors (Lipinski definition) is 3. The molecule has 1 N–H and O–H groups in total. The van der Waals surface area contributed by atoms with Crippen LogP contribution in [-0.2, 0) is 0 Å². The number of nitro benzene ring substituents is 1. The molecule has 1 unspecified atom stereocenters. The van der Waals surface area contributed by atoms with E-state index in [1.54, 1.807) is 0 Å². The second-order valence-electron chi connectivity index (χ2n) is 4.01. The van der Waals surface area contributed by atoms with E-state index < -0.39 is 22.3 Å². The van der Waals surface area contributed by atoms with Crippen molar-refractivity contribution in [3.8, 4) is 0 Å². The van der Waals surface area contributed by atoms with Gasteiger partial charge in [0.05, 0.1) is 11.0 Å². The number of carbonyl (C=O) groups excluding carboxylic acids is 1. The predicted molar refractivity (Wildman–Crippen MR) is 73.0 cm³/mol. The molecular weight excluding hydrogens is 319 g/mol. The number of nitro groups is 1. The maximum absolute atomic E-state index is 13.2. The zero-order valence-electron chi connectivity index (χ0n) is 10.4. The van der Waals surface area contributed by atoms with E-state index in [1.165, 1.54) is 0 Å². The highest BCUT2D eigenvalue weighted by Gasteiger charge is 2.16. The van der Waals surface area contributed by atoms with E-state index in [0.29, 0.717) is 0 Å². The quantitative estimate of drug-likeness (QED) is 0.494. The minimum absolute atomic E-state index is 0.0419. The van der Waals surface area contributed by atoms with Crippen LogP contribution in [0.25, 0.3) is 0 Å². The molecule has 0 aromatic heterocycles. The first-order valence-corrected chi connectivity index (χ1v) is 6.91. The summed E-state index contributed by atoms with van der Waals surface area (Å²) < 4.78 is 13.2. The number of nitrogens with zero attached hydrogens (tertiary/aromatic N) is 1. The molecular formula is C12H14BrFN2O3. The molecule has 0 spiro atoms. The van der Waals surface area contributed by atoms with Crippen LogP contribution in [0.4, 0.5) is 10.1 Å². The second-order valence-corrected chi connectivity index (χ2v) is 4.80. The van der Waals surface area contributed by atoms with Crippen LogP contribution in [0.3, 0.4) is 0 Å². The van der Waals surface area contributed by atoms with E-state index in [0.717, 1.165) is 36.4 Å². The van der Waals surface area contributed by atoms with E-state index in [4.69, 9.17) is 0 Å². The number of carbonyl (C=O) groups is 1. The topological polar surface area (TPSA) is 72.2 Å². The van der Waals surface area contributed by atoms with Gasteiger partial charge in [0.2, 0.25) is 0 Å². The molecule has 19 heavy (non-hydrogen) atoms. The van der Waals surface area contributed by atoms with Gasteiger partial charge in [-0.05, 0) is 18.9 Å². The fourth-order valence-electron chi connectivity index (χ4n) is 1.59. The highest BCUT2D eigenvalue weighted by atomic mass is 79.9. The summed E-state index contributed by atoms with van der Waals surface area (Å²) in [5.74, 6) is -1.30. The van der Waals surface area contributed by atoms with Crippen molar-refractivity contribution in [2.45, 2.75) is 25.8 Å². The van der Waals surface area contributed by atoms with Crippen molar-refractivity contribution < 1.29 is 14.1 Å². The highest BCUT2D eigenvalue weighted by molar-refractivity contribution is 9.09. The van der Waals surface area contributed by atoms with Crippen molar-refractivity contribution in [3.05, 3.63) is 39.7 Å². The van der Waals surface area contributed by atoms with E-state index in [2.05, 4.69) is 21.2 Å². The van der Waals surface area contributed by atoms with Crippen molar-refractivity contribution in [2.24, 2.45) is 0 Å². The lowest BCUT2D eigenvalue weighted by molar-refractivity contribution is -0.385. The molecule has 1 amide bonds. The Morgan fingerprint density at radius 2 is 2.21 bits per heavy atom. The maximum Gasteiger partial charge on any atom is 0.273 e. The number of rotatable bonds is 6. The summed E-state index contributed by atoms with van der Waals surface area (Å²) in [6, 6.07) is 2.80. The molecule has 0 aliphatic rings. The average molecular weight is 333 g/mol. The molecule has 0 bridgehead atoms. The molecule has 0 radical (unpaired) electrons. The Hall–Kier alpha value is -1.50. The number of halogens is 2. The molecule has 5 nitrogen and oxygen atoms in total. The van der Waals surface area contributed by atoms with Gasteiger partial charge in [0.15, 0.2) is 0 Å². The third kappa shape index (κ3) is 4.59. The first kappa shape index (κ1) is 15.6. The molecule has 0 aliphatic heterocycles. The fourth-order valence-corrected chi connectivity index (χ4v) is 2.14. The Bertz CT molecular complexity index is 482. The van der Waals surface area contributed by atoms with Crippen LogP contribution in [0.2, 0.25) is 0 Å². The van der Waals surface area contributed by atoms with Gasteiger partial charge in [0.1, 0.15) is 5.82 Å². The summed E-state index contributed by atoms with van der Waals surface area (Å²) >= 11 is 3.28. The van der Waals surface area contributed by atoms with Gasteiger partial charge in [-0.25, -0.2) is 4.39 Å². The van der Waals surface area contributed by atoms with Crippen molar-refractivity contribution in [2.75, 3.05) is 5.33 Å². The van der Waals surface area contributed by atoms with E-state index in [-0.39, 0.29) is 11.6 Å². The Morgan fingerprint density at radius 1 is 1.53 bits per heavy atom. The zero-order chi connectivity index (χ0) is 14.4. The van der Waals surface area contributed by atoms with E-state index in [9.17, 15) is 19.3 Å². The van der Waals surface area contributed by atoms with Gasteiger partial charge < -0.3 is 5.32 Å².